The molecule has 0 unspecified atom stereocenters. The first-order valence-corrected chi connectivity index (χ1v) is 9.23. The van der Waals surface area contributed by atoms with E-state index in [9.17, 15) is 9.59 Å². The molecule has 3 amide bonds. The Kier molecular flexibility index (Phi) is 5.00. The quantitative estimate of drug-likeness (QED) is 0.475. The van der Waals surface area contributed by atoms with Gasteiger partial charge in [0.05, 0.1) is 5.69 Å². The van der Waals surface area contributed by atoms with Crippen LogP contribution in [0.4, 0.5) is 10.6 Å². The van der Waals surface area contributed by atoms with Crippen molar-refractivity contribution in [2.24, 2.45) is 11.5 Å². The minimum atomic E-state index is -0.823. The molecule has 1 aromatic heterocycles. The lowest BCUT2D eigenvalue weighted by Gasteiger charge is -2.07. The molecule has 0 saturated heterocycles. The van der Waals surface area contributed by atoms with E-state index in [1.165, 1.54) is 10.9 Å². The molecule has 4 aromatic rings. The summed E-state index contributed by atoms with van der Waals surface area (Å²) in [5.41, 5.74) is 15.7. The molecule has 30 heavy (non-hydrogen) atoms. The number of aromatic nitrogens is 2. The number of nitrogens with zero attached hydrogens (tertiary/aromatic N) is 2. The Balaban J connectivity index is 1.64. The van der Waals surface area contributed by atoms with Crippen LogP contribution >= 0.6 is 0 Å². The SMILES string of the molecule is NC(=O)Nc1nn(-c2ccc(-c3cccc(-c4ccccc4)c3)cc2)cc1C(N)=O. The molecule has 1 heterocycles. The van der Waals surface area contributed by atoms with Crippen LogP contribution in [0.3, 0.4) is 0 Å². The monoisotopic (exact) mass is 397 g/mol. The van der Waals surface area contributed by atoms with E-state index in [1.807, 2.05) is 48.5 Å². The molecule has 7 heteroatoms. The maximum Gasteiger partial charge on any atom is 0.317 e. The van der Waals surface area contributed by atoms with Gasteiger partial charge in [-0.2, -0.15) is 0 Å². The number of carbonyl (C=O) groups excluding carboxylic acids is 2. The van der Waals surface area contributed by atoms with E-state index in [4.69, 9.17) is 11.5 Å². The molecule has 4 rings (SSSR count). The number of anilines is 1. The summed E-state index contributed by atoms with van der Waals surface area (Å²) >= 11 is 0. The molecule has 7 nitrogen and oxygen atoms in total. The Morgan fingerprint density at radius 1 is 0.767 bits per heavy atom. The van der Waals surface area contributed by atoms with Crippen LogP contribution in [0.1, 0.15) is 10.4 Å². The molecule has 0 atom stereocenters. The fraction of sp³-hybridized carbons (Fsp3) is 0. The highest BCUT2D eigenvalue weighted by Crippen LogP contribution is 2.27. The maximum atomic E-state index is 11.6. The average molecular weight is 397 g/mol. The van der Waals surface area contributed by atoms with Gasteiger partial charge in [-0.3, -0.25) is 10.1 Å². The number of nitrogens with two attached hydrogens (primary N) is 2. The van der Waals surface area contributed by atoms with E-state index in [2.05, 4.69) is 40.7 Å². The Morgan fingerprint density at radius 2 is 1.37 bits per heavy atom. The number of nitrogens with one attached hydrogen (secondary N) is 1. The van der Waals surface area contributed by atoms with Crippen LogP contribution in [-0.4, -0.2) is 21.7 Å². The van der Waals surface area contributed by atoms with Gasteiger partial charge in [0.1, 0.15) is 5.56 Å². The zero-order valence-corrected chi connectivity index (χ0v) is 15.9. The van der Waals surface area contributed by atoms with Gasteiger partial charge in [0.15, 0.2) is 5.82 Å². The Morgan fingerprint density at radius 3 is 1.97 bits per heavy atom. The van der Waals surface area contributed by atoms with Gasteiger partial charge in [-0.05, 0) is 40.5 Å². The highest BCUT2D eigenvalue weighted by molar-refractivity contribution is 6.01. The van der Waals surface area contributed by atoms with Crippen LogP contribution in [0.15, 0.2) is 85.1 Å². The zero-order valence-electron chi connectivity index (χ0n) is 15.9. The normalized spacial score (nSPS) is 10.5. The third kappa shape index (κ3) is 3.90. The third-order valence-corrected chi connectivity index (χ3v) is 4.66. The first kappa shape index (κ1) is 18.9. The molecule has 0 bridgehead atoms. The largest absolute Gasteiger partial charge is 0.365 e. The Bertz CT molecular complexity index is 1210. The number of amides is 3. The van der Waals surface area contributed by atoms with Crippen molar-refractivity contribution >= 4 is 17.8 Å². The first-order valence-electron chi connectivity index (χ1n) is 9.23. The summed E-state index contributed by atoms with van der Waals surface area (Å²) in [6.07, 6.45) is 1.46. The number of primary amides is 2. The van der Waals surface area contributed by atoms with Crippen molar-refractivity contribution in [3.8, 4) is 27.9 Å². The van der Waals surface area contributed by atoms with Crippen LogP contribution in [0.2, 0.25) is 0 Å². The van der Waals surface area contributed by atoms with Gasteiger partial charge in [-0.15, -0.1) is 5.10 Å². The number of urea groups is 1. The average Bonchev–Trinajstić information content (AvgIpc) is 3.18. The lowest BCUT2D eigenvalue weighted by Crippen LogP contribution is -2.22. The molecule has 0 aliphatic heterocycles. The van der Waals surface area contributed by atoms with E-state index in [0.29, 0.717) is 5.69 Å². The Hall–Kier alpha value is -4.39. The van der Waals surface area contributed by atoms with Crippen LogP contribution in [0.5, 0.6) is 0 Å². The molecule has 0 spiro atoms. The molecule has 0 saturated carbocycles. The molecular weight excluding hydrogens is 378 g/mol. The third-order valence-electron chi connectivity index (χ3n) is 4.66. The van der Waals surface area contributed by atoms with Gasteiger partial charge in [0, 0.05) is 6.20 Å². The summed E-state index contributed by atoms with van der Waals surface area (Å²) in [6.45, 7) is 0. The molecule has 3 aromatic carbocycles. The summed E-state index contributed by atoms with van der Waals surface area (Å²) in [4.78, 5) is 22.7. The summed E-state index contributed by atoms with van der Waals surface area (Å²) in [5, 5.41) is 6.51. The van der Waals surface area contributed by atoms with Gasteiger partial charge in [-0.1, -0.05) is 60.7 Å². The fourth-order valence-corrected chi connectivity index (χ4v) is 3.21. The van der Waals surface area contributed by atoms with Crippen molar-refractivity contribution in [2.75, 3.05) is 5.32 Å². The smallest absolute Gasteiger partial charge is 0.317 e. The lowest BCUT2D eigenvalue weighted by molar-refractivity contribution is 0.100. The van der Waals surface area contributed by atoms with Crippen molar-refractivity contribution in [1.82, 2.24) is 9.78 Å². The molecule has 5 N–H and O–H groups in total. The van der Waals surface area contributed by atoms with Gasteiger partial charge >= 0.3 is 6.03 Å². The number of hydrogen-bond acceptors (Lipinski definition) is 3. The van der Waals surface area contributed by atoms with Crippen LogP contribution in [0.25, 0.3) is 27.9 Å². The predicted octanol–water partition coefficient (Wildman–Crippen LogP) is 3.80. The minimum absolute atomic E-state index is 0.0228. The standard InChI is InChI=1S/C23H19N5O2/c24-21(29)20-14-28(27-22(20)26-23(25)30)19-11-9-16(10-12-19)18-8-4-7-17(13-18)15-5-2-1-3-6-15/h1-14H,(H2,24,29)(H3,25,26,27,30). The molecular formula is C23H19N5O2. The van der Waals surface area contributed by atoms with E-state index in [0.717, 1.165) is 22.3 Å². The zero-order chi connectivity index (χ0) is 21.1. The summed E-state index contributed by atoms with van der Waals surface area (Å²) < 4.78 is 1.47. The maximum absolute atomic E-state index is 11.6. The lowest BCUT2D eigenvalue weighted by atomic mass is 9.99. The van der Waals surface area contributed by atoms with Crippen molar-refractivity contribution in [2.45, 2.75) is 0 Å². The van der Waals surface area contributed by atoms with Crippen molar-refractivity contribution in [1.29, 1.82) is 0 Å². The second-order valence-corrected chi connectivity index (χ2v) is 6.68. The van der Waals surface area contributed by atoms with Crippen molar-refractivity contribution < 1.29 is 9.59 Å². The molecule has 148 valence electrons. The van der Waals surface area contributed by atoms with Crippen LogP contribution in [-0.2, 0) is 0 Å². The number of hydrogen-bond donors (Lipinski definition) is 3. The van der Waals surface area contributed by atoms with Gasteiger partial charge in [0.2, 0.25) is 0 Å². The van der Waals surface area contributed by atoms with Crippen molar-refractivity contribution in [3.63, 3.8) is 0 Å². The second-order valence-electron chi connectivity index (χ2n) is 6.68. The minimum Gasteiger partial charge on any atom is -0.365 e. The van der Waals surface area contributed by atoms with E-state index < -0.39 is 11.9 Å². The van der Waals surface area contributed by atoms with Crippen LogP contribution < -0.4 is 16.8 Å². The summed E-state index contributed by atoms with van der Waals surface area (Å²) in [7, 11) is 0. The van der Waals surface area contributed by atoms with E-state index >= 15 is 0 Å². The van der Waals surface area contributed by atoms with E-state index in [1.54, 1.807) is 0 Å². The highest BCUT2D eigenvalue weighted by Gasteiger charge is 2.16. The second kappa shape index (κ2) is 7.92. The van der Waals surface area contributed by atoms with Gasteiger partial charge in [0.25, 0.3) is 5.91 Å². The number of benzene rings is 3. The highest BCUT2D eigenvalue weighted by atomic mass is 16.2. The summed E-state index contributed by atoms with van der Waals surface area (Å²) in [6, 6.07) is 25.3. The first-order chi connectivity index (χ1) is 14.5. The molecule has 0 radical (unpaired) electrons. The molecule has 0 fully saturated rings. The molecule has 0 aliphatic carbocycles. The van der Waals surface area contributed by atoms with E-state index in [-0.39, 0.29) is 11.4 Å². The predicted molar refractivity (Wildman–Crippen MR) is 116 cm³/mol. The van der Waals surface area contributed by atoms with Gasteiger partial charge in [-0.25, -0.2) is 9.48 Å². The number of rotatable bonds is 5. The Labute approximate surface area is 172 Å². The van der Waals surface area contributed by atoms with Crippen molar-refractivity contribution in [3.05, 3.63) is 90.6 Å². The fourth-order valence-electron chi connectivity index (χ4n) is 3.21. The molecule has 0 aliphatic rings. The summed E-state index contributed by atoms with van der Waals surface area (Å²) in [5.74, 6) is -0.686. The topological polar surface area (TPSA) is 116 Å². The van der Waals surface area contributed by atoms with Crippen LogP contribution in [0, 0.1) is 0 Å². The van der Waals surface area contributed by atoms with Gasteiger partial charge < -0.3 is 11.5 Å². The number of carbonyl (C=O) groups is 2.